The smallest absolute Gasteiger partial charge is 0.355 e. The Morgan fingerprint density at radius 2 is 1.98 bits per heavy atom. The number of benzene rings is 1. The predicted octanol–water partition coefficient (Wildman–Crippen LogP) is 2.50. The number of rotatable bonds is 5. The lowest BCUT2D eigenvalue weighted by molar-refractivity contribution is -0.126. The number of nitrogen functional groups attached to an aromatic ring is 1. The van der Waals surface area contributed by atoms with Gasteiger partial charge in [-0.2, -0.15) is 4.98 Å². The number of hydrogen-bond acceptors (Lipinski definition) is 9. The van der Waals surface area contributed by atoms with Crippen molar-refractivity contribution < 1.29 is 17.6 Å². The van der Waals surface area contributed by atoms with Crippen LogP contribution in [-0.2, 0) is 14.6 Å². The molecule has 0 radical (unpaired) electrons. The zero-order chi connectivity index (χ0) is 29.6. The van der Waals surface area contributed by atoms with Crippen LogP contribution in [0.1, 0.15) is 12.5 Å². The average Bonchev–Trinajstić information content (AvgIpc) is 2.92. The second-order valence-corrected chi connectivity index (χ2v) is 11.9. The number of aryl methyl sites for hydroxylation is 1. The average molecular weight is 578 g/mol. The van der Waals surface area contributed by atoms with E-state index in [0.29, 0.717) is 25.2 Å². The number of carbonyl (C=O) groups excluding carboxylic acids is 1. The van der Waals surface area contributed by atoms with Gasteiger partial charge in [0.15, 0.2) is 21.3 Å². The Bertz CT molecular complexity index is 1890. The van der Waals surface area contributed by atoms with Crippen LogP contribution in [0.2, 0.25) is 0 Å². The summed E-state index contributed by atoms with van der Waals surface area (Å²) in [6.45, 7) is 8.03. The molecule has 0 spiro atoms. The molecule has 41 heavy (non-hydrogen) atoms. The van der Waals surface area contributed by atoms with E-state index in [9.17, 15) is 18.0 Å². The van der Waals surface area contributed by atoms with Gasteiger partial charge in [-0.15, -0.1) is 0 Å². The number of amides is 1. The van der Waals surface area contributed by atoms with Crippen molar-refractivity contribution in [2.75, 3.05) is 36.5 Å². The van der Waals surface area contributed by atoms with Crippen molar-refractivity contribution in [2.45, 2.75) is 24.8 Å². The number of sulfone groups is 1. The molecule has 4 heterocycles. The normalized spacial score (nSPS) is 15.8. The van der Waals surface area contributed by atoms with Crippen molar-refractivity contribution in [3.05, 3.63) is 77.2 Å². The molecule has 11 nitrogen and oxygen atoms in total. The van der Waals surface area contributed by atoms with Gasteiger partial charge in [0.2, 0.25) is 5.91 Å². The second kappa shape index (κ2) is 10.4. The fraction of sp³-hybridized carbons (Fsp3) is 0.250. The molecule has 1 fully saturated rings. The van der Waals surface area contributed by atoms with Crippen LogP contribution < -0.4 is 16.3 Å². The van der Waals surface area contributed by atoms with Gasteiger partial charge >= 0.3 is 5.69 Å². The molecule has 0 unspecified atom stereocenters. The van der Waals surface area contributed by atoms with Crippen molar-refractivity contribution >= 4 is 38.3 Å². The van der Waals surface area contributed by atoms with Crippen LogP contribution in [0.5, 0.6) is 0 Å². The summed E-state index contributed by atoms with van der Waals surface area (Å²) in [5.41, 5.74) is 6.13. The first-order valence-corrected chi connectivity index (χ1v) is 14.6. The summed E-state index contributed by atoms with van der Waals surface area (Å²) in [5, 5.41) is 0.186. The van der Waals surface area contributed by atoms with Gasteiger partial charge in [-0.1, -0.05) is 18.7 Å². The topological polar surface area (TPSA) is 144 Å². The number of hydrogen-bond donors (Lipinski definition) is 1. The summed E-state index contributed by atoms with van der Waals surface area (Å²) >= 11 is 0. The first kappa shape index (κ1) is 27.9. The maximum atomic E-state index is 15.8. The van der Waals surface area contributed by atoms with Gasteiger partial charge < -0.3 is 15.5 Å². The molecule has 1 aromatic carbocycles. The van der Waals surface area contributed by atoms with Gasteiger partial charge in [0.05, 0.1) is 16.0 Å². The first-order valence-electron chi connectivity index (χ1n) is 12.7. The van der Waals surface area contributed by atoms with Gasteiger partial charge in [-0.05, 0) is 43.7 Å². The van der Waals surface area contributed by atoms with E-state index in [1.807, 2.05) is 11.8 Å². The lowest BCUT2D eigenvalue weighted by Gasteiger charge is -2.40. The lowest BCUT2D eigenvalue weighted by atomic mass is 10.1. The summed E-state index contributed by atoms with van der Waals surface area (Å²) < 4.78 is 42.5. The third-order valence-corrected chi connectivity index (χ3v) is 8.25. The fourth-order valence-corrected chi connectivity index (χ4v) is 6.07. The summed E-state index contributed by atoms with van der Waals surface area (Å²) in [7, 11) is -3.80. The minimum atomic E-state index is -3.80. The molecule has 1 atom stereocenters. The Balaban J connectivity index is 1.84. The first-order chi connectivity index (χ1) is 19.4. The molecule has 4 aromatic rings. The van der Waals surface area contributed by atoms with E-state index in [1.54, 1.807) is 24.0 Å². The van der Waals surface area contributed by atoms with Crippen LogP contribution in [0.3, 0.4) is 0 Å². The molecule has 13 heteroatoms. The molecule has 1 amide bonds. The van der Waals surface area contributed by atoms with E-state index in [-0.39, 0.29) is 56.3 Å². The number of piperazine rings is 1. The van der Waals surface area contributed by atoms with Crippen molar-refractivity contribution in [3.8, 4) is 16.9 Å². The molecule has 0 aliphatic carbocycles. The van der Waals surface area contributed by atoms with E-state index in [1.165, 1.54) is 36.7 Å². The van der Waals surface area contributed by atoms with Crippen LogP contribution in [0.15, 0.2) is 65.1 Å². The number of nitrogens with two attached hydrogens (primary N) is 1. The third kappa shape index (κ3) is 4.92. The van der Waals surface area contributed by atoms with Crippen molar-refractivity contribution in [1.29, 1.82) is 0 Å². The number of halogens is 1. The van der Waals surface area contributed by atoms with Crippen LogP contribution in [0, 0.1) is 12.7 Å². The Labute approximate surface area is 235 Å². The maximum Gasteiger partial charge on any atom is 0.355 e. The molecule has 1 aliphatic heterocycles. The van der Waals surface area contributed by atoms with Gasteiger partial charge in [0.1, 0.15) is 11.5 Å². The fourth-order valence-electron chi connectivity index (χ4n) is 5.14. The number of nitrogens with zero attached hydrogens (tertiary/aromatic N) is 6. The molecule has 0 bridgehead atoms. The molecular formula is C28H28FN7O4S. The van der Waals surface area contributed by atoms with Gasteiger partial charge in [0, 0.05) is 55.6 Å². The highest BCUT2D eigenvalue weighted by Crippen LogP contribution is 2.34. The molecule has 212 valence electrons. The molecule has 2 N–H and O–H groups in total. The summed E-state index contributed by atoms with van der Waals surface area (Å²) in [6.07, 6.45) is 5.11. The van der Waals surface area contributed by atoms with Crippen molar-refractivity contribution in [1.82, 2.24) is 24.4 Å². The van der Waals surface area contributed by atoms with E-state index < -0.39 is 21.3 Å². The third-order valence-electron chi connectivity index (χ3n) is 7.12. The van der Waals surface area contributed by atoms with Crippen LogP contribution >= 0.6 is 0 Å². The lowest BCUT2D eigenvalue weighted by Crippen LogP contribution is -2.54. The standard InChI is InChI=1S/C28H28FN7O4S/c1-5-23(37)34-11-12-35(17(3)15-34)26-18-13-20(29)24(19-14-31-10-9-21(19)30)32-27(18)36(28(38)33-26)25-16(2)7-6-8-22(25)41(4,39)40/h5-10,13-14,17H,1,11-12,15H2,2-4H3,(H2,30,31)/t17-/m0/s1. The minimum absolute atomic E-state index is 0.00403. The van der Waals surface area contributed by atoms with E-state index in [2.05, 4.69) is 21.5 Å². The number of carbonyl (C=O) groups is 1. The molecule has 1 aliphatic rings. The molecule has 1 saturated heterocycles. The number of fused-ring (bicyclic) bond motifs is 1. The highest BCUT2D eigenvalue weighted by Gasteiger charge is 2.31. The minimum Gasteiger partial charge on any atom is -0.398 e. The zero-order valence-electron chi connectivity index (χ0n) is 22.7. The zero-order valence-corrected chi connectivity index (χ0v) is 23.5. The number of pyridine rings is 2. The number of anilines is 2. The Kier molecular flexibility index (Phi) is 7.07. The SMILES string of the molecule is C=CC(=O)N1CCN(c2nc(=O)n(-c3c(C)cccc3S(C)(=O)=O)c3nc(-c4cnccc4N)c(F)cc23)[C@@H](C)C1. The Morgan fingerprint density at radius 1 is 1.22 bits per heavy atom. The van der Waals surface area contributed by atoms with E-state index in [0.717, 1.165) is 10.8 Å². The van der Waals surface area contributed by atoms with E-state index >= 15 is 4.39 Å². The van der Waals surface area contributed by atoms with Crippen molar-refractivity contribution in [2.24, 2.45) is 0 Å². The van der Waals surface area contributed by atoms with Crippen LogP contribution in [-0.4, -0.2) is 70.7 Å². The Hall–Kier alpha value is -4.65. The maximum absolute atomic E-state index is 15.8. The summed E-state index contributed by atoms with van der Waals surface area (Å²) in [6, 6.07) is 7.06. The molecular weight excluding hydrogens is 549 g/mol. The molecule has 3 aromatic heterocycles. The van der Waals surface area contributed by atoms with Crippen molar-refractivity contribution in [3.63, 3.8) is 0 Å². The number of aromatic nitrogens is 4. The predicted molar refractivity (Wildman–Crippen MR) is 154 cm³/mol. The Morgan fingerprint density at radius 3 is 2.63 bits per heavy atom. The summed E-state index contributed by atoms with van der Waals surface area (Å²) in [5.74, 6) is -0.776. The van der Waals surface area contributed by atoms with Gasteiger partial charge in [-0.3, -0.25) is 9.78 Å². The highest BCUT2D eigenvalue weighted by atomic mass is 32.2. The van der Waals surface area contributed by atoms with Crippen LogP contribution in [0.4, 0.5) is 15.9 Å². The quantitative estimate of drug-likeness (QED) is 0.354. The summed E-state index contributed by atoms with van der Waals surface area (Å²) in [4.78, 5) is 42.3. The molecule has 5 rings (SSSR count). The van der Waals surface area contributed by atoms with Gasteiger partial charge in [0.25, 0.3) is 0 Å². The van der Waals surface area contributed by atoms with Gasteiger partial charge in [-0.25, -0.2) is 27.2 Å². The van der Waals surface area contributed by atoms with Crippen LogP contribution in [0.25, 0.3) is 28.0 Å². The number of para-hydroxylation sites is 1. The monoisotopic (exact) mass is 577 g/mol. The molecule has 0 saturated carbocycles. The largest absolute Gasteiger partial charge is 0.398 e. The second-order valence-electron chi connectivity index (χ2n) is 9.93. The highest BCUT2D eigenvalue weighted by molar-refractivity contribution is 7.90. The van der Waals surface area contributed by atoms with E-state index in [4.69, 9.17) is 5.73 Å².